The molecule has 0 aliphatic heterocycles. The maximum Gasteiger partial charge on any atom is 0.185 e. The first-order valence-electron chi connectivity index (χ1n) is 14.8. The van der Waals surface area contributed by atoms with Gasteiger partial charge in [-0.2, -0.15) is 0 Å². The summed E-state index contributed by atoms with van der Waals surface area (Å²) < 4.78 is 11.1. The molecule has 3 nitrogen and oxygen atoms in total. The van der Waals surface area contributed by atoms with Gasteiger partial charge >= 0.3 is 0 Å². The van der Waals surface area contributed by atoms with Gasteiger partial charge < -0.3 is 9.47 Å². The molecule has 0 heterocycles. The predicted molar refractivity (Wildman–Crippen MR) is 158 cm³/mol. The van der Waals surface area contributed by atoms with E-state index in [4.69, 9.17) is 9.47 Å². The molecule has 0 bridgehead atoms. The fourth-order valence-electron chi connectivity index (χ4n) is 4.56. The van der Waals surface area contributed by atoms with Crippen LogP contribution in [-0.2, 0) is 0 Å². The van der Waals surface area contributed by atoms with E-state index in [2.05, 4.69) is 6.92 Å². The van der Waals surface area contributed by atoms with Crippen LogP contribution in [0.25, 0.3) is 6.08 Å². The molecule has 0 fully saturated rings. The summed E-state index contributed by atoms with van der Waals surface area (Å²) in [6.45, 7) is 2.99. The average Bonchev–Trinajstić information content (AvgIpc) is 2.93. The van der Waals surface area contributed by atoms with Crippen molar-refractivity contribution < 1.29 is 14.3 Å². The summed E-state index contributed by atoms with van der Waals surface area (Å²) in [5, 5.41) is 0. The fraction of sp³-hybridized carbons (Fsp3) is 0.559. The highest BCUT2D eigenvalue weighted by atomic mass is 16.5. The van der Waals surface area contributed by atoms with E-state index < -0.39 is 0 Å². The lowest BCUT2D eigenvalue weighted by Crippen LogP contribution is -2.00. The maximum atomic E-state index is 12.6. The Hall–Kier alpha value is -2.55. The molecular weight excluding hydrogens is 456 g/mol. The van der Waals surface area contributed by atoms with Crippen molar-refractivity contribution in [2.75, 3.05) is 13.7 Å². The summed E-state index contributed by atoms with van der Waals surface area (Å²) in [5.74, 6) is 1.55. The molecule has 204 valence electrons. The van der Waals surface area contributed by atoms with Crippen LogP contribution in [-0.4, -0.2) is 19.5 Å². The Labute approximate surface area is 226 Å². The van der Waals surface area contributed by atoms with Crippen molar-refractivity contribution in [2.24, 2.45) is 0 Å². The standard InChI is InChI=1S/C34H50O3/c1-3-4-5-6-7-8-9-10-11-12-13-14-15-16-17-18-28-37-33-21-19-20-31(29-33)34(35)27-24-30-22-25-32(36-2)26-23-30/h19-27,29H,3-18,28H2,1-2H3/b27-24+. The zero-order valence-corrected chi connectivity index (χ0v) is 23.5. The minimum absolute atomic E-state index is 0.0244. The zero-order chi connectivity index (χ0) is 26.4. The van der Waals surface area contributed by atoms with Gasteiger partial charge in [0.15, 0.2) is 5.78 Å². The van der Waals surface area contributed by atoms with E-state index in [0.29, 0.717) is 12.2 Å². The van der Waals surface area contributed by atoms with Crippen LogP contribution in [0.2, 0.25) is 0 Å². The topological polar surface area (TPSA) is 35.5 Å². The van der Waals surface area contributed by atoms with E-state index in [1.165, 1.54) is 96.3 Å². The van der Waals surface area contributed by atoms with Gasteiger partial charge in [-0.05, 0) is 42.3 Å². The van der Waals surface area contributed by atoms with Gasteiger partial charge in [0.05, 0.1) is 13.7 Å². The molecule has 2 rings (SSSR count). The summed E-state index contributed by atoms with van der Waals surface area (Å²) >= 11 is 0. The zero-order valence-electron chi connectivity index (χ0n) is 23.5. The van der Waals surface area contributed by atoms with E-state index in [0.717, 1.165) is 23.5 Å². The van der Waals surface area contributed by atoms with Crippen LogP contribution in [0, 0.1) is 0 Å². The number of carbonyl (C=O) groups is 1. The second-order valence-electron chi connectivity index (χ2n) is 10.2. The van der Waals surface area contributed by atoms with E-state index in [-0.39, 0.29) is 5.78 Å². The molecule has 2 aromatic rings. The number of benzene rings is 2. The summed E-state index contributed by atoms with van der Waals surface area (Å²) in [5.41, 5.74) is 1.61. The highest BCUT2D eigenvalue weighted by Gasteiger charge is 2.04. The Morgan fingerprint density at radius 2 is 1.22 bits per heavy atom. The number of carbonyl (C=O) groups excluding carboxylic acids is 1. The van der Waals surface area contributed by atoms with Crippen molar-refractivity contribution >= 4 is 11.9 Å². The molecule has 0 atom stereocenters. The predicted octanol–water partition coefficient (Wildman–Crippen LogP) is 10.2. The monoisotopic (exact) mass is 506 g/mol. The first kappa shape index (κ1) is 30.7. The van der Waals surface area contributed by atoms with Crippen LogP contribution < -0.4 is 9.47 Å². The number of methoxy groups -OCH3 is 1. The van der Waals surface area contributed by atoms with Crippen molar-refractivity contribution in [3.63, 3.8) is 0 Å². The van der Waals surface area contributed by atoms with Crippen molar-refractivity contribution in [1.82, 2.24) is 0 Å². The minimum atomic E-state index is -0.0244. The molecule has 0 saturated carbocycles. The van der Waals surface area contributed by atoms with Gasteiger partial charge in [0, 0.05) is 5.56 Å². The molecule has 0 aliphatic carbocycles. The largest absolute Gasteiger partial charge is 0.497 e. The van der Waals surface area contributed by atoms with Gasteiger partial charge in [0.1, 0.15) is 11.5 Å². The van der Waals surface area contributed by atoms with Gasteiger partial charge in [0.25, 0.3) is 0 Å². The molecule has 3 heteroatoms. The number of unbranched alkanes of at least 4 members (excludes halogenated alkanes) is 15. The van der Waals surface area contributed by atoms with Crippen LogP contribution in [0.5, 0.6) is 11.5 Å². The molecule has 0 N–H and O–H groups in total. The van der Waals surface area contributed by atoms with Crippen LogP contribution in [0.4, 0.5) is 0 Å². The molecule has 0 unspecified atom stereocenters. The van der Waals surface area contributed by atoms with Gasteiger partial charge in [0.2, 0.25) is 0 Å². The molecule has 0 amide bonds. The van der Waals surface area contributed by atoms with Crippen molar-refractivity contribution in [3.05, 3.63) is 65.7 Å². The Kier molecular flexibility index (Phi) is 17.0. The van der Waals surface area contributed by atoms with Crippen molar-refractivity contribution in [1.29, 1.82) is 0 Å². The first-order valence-corrected chi connectivity index (χ1v) is 14.8. The summed E-state index contributed by atoms with van der Waals surface area (Å²) in [4.78, 5) is 12.6. The van der Waals surface area contributed by atoms with E-state index in [9.17, 15) is 4.79 Å². The molecule has 0 aliphatic rings. The van der Waals surface area contributed by atoms with Crippen LogP contribution in [0.1, 0.15) is 126 Å². The van der Waals surface area contributed by atoms with E-state index >= 15 is 0 Å². The molecule has 37 heavy (non-hydrogen) atoms. The summed E-state index contributed by atoms with van der Waals surface area (Å²) in [7, 11) is 1.64. The fourth-order valence-corrected chi connectivity index (χ4v) is 4.56. The van der Waals surface area contributed by atoms with Crippen molar-refractivity contribution in [3.8, 4) is 11.5 Å². The van der Waals surface area contributed by atoms with Gasteiger partial charge in [-0.15, -0.1) is 0 Å². The molecule has 2 aromatic carbocycles. The number of rotatable bonds is 22. The molecular formula is C34H50O3. The summed E-state index contributed by atoms with van der Waals surface area (Å²) in [6, 6.07) is 15.1. The second kappa shape index (κ2) is 20.5. The maximum absolute atomic E-state index is 12.6. The van der Waals surface area contributed by atoms with Crippen molar-refractivity contribution in [2.45, 2.75) is 110 Å². The highest BCUT2D eigenvalue weighted by Crippen LogP contribution is 2.17. The highest BCUT2D eigenvalue weighted by molar-refractivity contribution is 6.07. The number of hydrogen-bond acceptors (Lipinski definition) is 3. The third-order valence-corrected chi connectivity index (χ3v) is 6.93. The van der Waals surface area contributed by atoms with E-state index in [1.807, 2.05) is 54.6 Å². The number of ketones is 1. The third kappa shape index (κ3) is 14.7. The molecule has 0 saturated heterocycles. The smallest absolute Gasteiger partial charge is 0.185 e. The average molecular weight is 507 g/mol. The Morgan fingerprint density at radius 3 is 1.76 bits per heavy atom. The second-order valence-corrected chi connectivity index (χ2v) is 10.2. The van der Waals surface area contributed by atoms with Crippen LogP contribution >= 0.6 is 0 Å². The lowest BCUT2D eigenvalue weighted by atomic mass is 10.0. The quantitative estimate of drug-likeness (QED) is 0.0905. The normalized spacial score (nSPS) is 11.2. The van der Waals surface area contributed by atoms with Gasteiger partial charge in [-0.25, -0.2) is 0 Å². The van der Waals surface area contributed by atoms with Gasteiger partial charge in [-0.3, -0.25) is 4.79 Å². The number of allylic oxidation sites excluding steroid dienone is 1. The Balaban J connectivity index is 1.48. The molecule has 0 aromatic heterocycles. The first-order chi connectivity index (χ1) is 18.2. The minimum Gasteiger partial charge on any atom is -0.497 e. The lowest BCUT2D eigenvalue weighted by Gasteiger charge is -2.07. The van der Waals surface area contributed by atoms with E-state index in [1.54, 1.807) is 13.2 Å². The Morgan fingerprint density at radius 1 is 0.676 bits per heavy atom. The van der Waals surface area contributed by atoms with Crippen LogP contribution in [0.15, 0.2) is 54.6 Å². The number of hydrogen-bond donors (Lipinski definition) is 0. The van der Waals surface area contributed by atoms with Crippen LogP contribution in [0.3, 0.4) is 0 Å². The third-order valence-electron chi connectivity index (χ3n) is 6.93. The Bertz CT molecular complexity index is 869. The SMILES string of the molecule is CCCCCCCCCCCCCCCCCCOc1cccc(C(=O)/C=C/c2ccc(OC)cc2)c1. The molecule has 0 spiro atoms. The number of ether oxygens (including phenoxy) is 2. The molecule has 0 radical (unpaired) electrons. The summed E-state index contributed by atoms with van der Waals surface area (Å²) in [6.07, 6.45) is 25.3. The lowest BCUT2D eigenvalue weighted by molar-refractivity contribution is 0.104. The van der Waals surface area contributed by atoms with Gasteiger partial charge in [-0.1, -0.05) is 134 Å².